The summed E-state index contributed by atoms with van der Waals surface area (Å²) in [4.78, 5) is 34.1. The molecular formula is C27H32N4O3. The minimum atomic E-state index is -1.08. The van der Waals surface area contributed by atoms with Gasteiger partial charge in [0.1, 0.15) is 11.3 Å². The molecular weight excluding hydrogens is 428 g/mol. The van der Waals surface area contributed by atoms with E-state index in [1.54, 1.807) is 12.0 Å². The van der Waals surface area contributed by atoms with Gasteiger partial charge in [-0.3, -0.25) is 9.59 Å². The van der Waals surface area contributed by atoms with E-state index < -0.39 is 5.54 Å². The second-order valence-corrected chi connectivity index (χ2v) is 9.83. The maximum Gasteiger partial charge on any atom is 0.291 e. The summed E-state index contributed by atoms with van der Waals surface area (Å²) in [6, 6.07) is 15.5. The summed E-state index contributed by atoms with van der Waals surface area (Å²) in [5.74, 6) is 1.12. The Balaban J connectivity index is 1.57. The van der Waals surface area contributed by atoms with Crippen LogP contribution in [0.2, 0.25) is 0 Å². The summed E-state index contributed by atoms with van der Waals surface area (Å²) >= 11 is 0. The van der Waals surface area contributed by atoms with E-state index in [4.69, 9.17) is 4.74 Å². The summed E-state index contributed by atoms with van der Waals surface area (Å²) in [6.07, 6.45) is 4.41. The van der Waals surface area contributed by atoms with Crippen molar-refractivity contribution in [3.05, 3.63) is 59.9 Å². The number of nitrogens with zero attached hydrogens (tertiary/aromatic N) is 3. The Morgan fingerprint density at radius 1 is 1.15 bits per heavy atom. The van der Waals surface area contributed by atoms with Crippen molar-refractivity contribution in [1.29, 1.82) is 0 Å². The van der Waals surface area contributed by atoms with Crippen LogP contribution in [0.25, 0.3) is 11.0 Å². The Kier molecular flexibility index (Phi) is 5.80. The highest BCUT2D eigenvalue weighted by Crippen LogP contribution is 2.34. The van der Waals surface area contributed by atoms with Gasteiger partial charge in [0.15, 0.2) is 5.82 Å². The number of nitrogens with one attached hydrogen (secondary N) is 1. The van der Waals surface area contributed by atoms with E-state index >= 15 is 0 Å². The lowest BCUT2D eigenvalue weighted by molar-refractivity contribution is -0.134. The lowest BCUT2D eigenvalue weighted by Gasteiger charge is -2.45. The fourth-order valence-corrected chi connectivity index (χ4v) is 5.44. The second kappa shape index (κ2) is 8.78. The van der Waals surface area contributed by atoms with Crippen molar-refractivity contribution in [3.8, 4) is 5.75 Å². The minimum absolute atomic E-state index is 0.113. The van der Waals surface area contributed by atoms with E-state index in [1.165, 1.54) is 6.42 Å². The van der Waals surface area contributed by atoms with Crippen LogP contribution in [0.1, 0.15) is 55.7 Å². The standard InChI is InChI=1S/C27H32N4O3/c1-18-10-4-6-12-20(18)29-26(33)27(2)17-30-22-14-8-7-13-21(22)28-24(30)25(32)31(27)16-19-11-5-9-15-23(19)34-3/h5,7-9,11,13-15,18,20H,4,6,10,12,16-17H2,1-3H3,(H,29,33). The first kappa shape index (κ1) is 22.4. The van der Waals surface area contributed by atoms with Gasteiger partial charge in [0.2, 0.25) is 5.91 Å². The van der Waals surface area contributed by atoms with Gasteiger partial charge < -0.3 is 19.5 Å². The van der Waals surface area contributed by atoms with Gasteiger partial charge in [0.05, 0.1) is 31.2 Å². The molecule has 7 heteroatoms. The Bertz CT molecular complexity index is 1240. The molecule has 2 amide bonds. The molecule has 2 heterocycles. The zero-order valence-corrected chi connectivity index (χ0v) is 20.1. The van der Waals surface area contributed by atoms with Gasteiger partial charge in [-0.1, -0.05) is 50.1 Å². The number of ether oxygens (including phenoxy) is 1. The summed E-state index contributed by atoms with van der Waals surface area (Å²) in [7, 11) is 1.62. The number of hydrogen-bond donors (Lipinski definition) is 1. The van der Waals surface area contributed by atoms with Crippen molar-refractivity contribution in [2.45, 2.75) is 64.2 Å². The highest BCUT2D eigenvalue weighted by atomic mass is 16.5. The molecule has 1 fully saturated rings. The topological polar surface area (TPSA) is 76.5 Å². The van der Waals surface area contributed by atoms with Crippen LogP contribution in [0.3, 0.4) is 0 Å². The predicted octanol–water partition coefficient (Wildman–Crippen LogP) is 4.15. The monoisotopic (exact) mass is 460 g/mol. The molecule has 0 radical (unpaired) electrons. The second-order valence-electron chi connectivity index (χ2n) is 9.83. The van der Waals surface area contributed by atoms with Gasteiger partial charge in [-0.2, -0.15) is 0 Å². The van der Waals surface area contributed by atoms with E-state index in [0.717, 1.165) is 35.9 Å². The van der Waals surface area contributed by atoms with Gasteiger partial charge >= 0.3 is 0 Å². The summed E-state index contributed by atoms with van der Waals surface area (Å²) in [5, 5.41) is 3.32. The van der Waals surface area contributed by atoms with Gasteiger partial charge in [-0.15, -0.1) is 0 Å². The van der Waals surface area contributed by atoms with Crippen LogP contribution in [-0.2, 0) is 17.9 Å². The Morgan fingerprint density at radius 3 is 2.68 bits per heavy atom. The lowest BCUT2D eigenvalue weighted by Crippen LogP contribution is -2.65. The molecule has 1 N–H and O–H groups in total. The molecule has 1 aliphatic carbocycles. The smallest absolute Gasteiger partial charge is 0.291 e. The van der Waals surface area contributed by atoms with E-state index in [-0.39, 0.29) is 24.4 Å². The lowest BCUT2D eigenvalue weighted by atomic mass is 9.85. The van der Waals surface area contributed by atoms with E-state index in [1.807, 2.05) is 60.0 Å². The number of carbonyl (C=O) groups excluding carboxylic acids is 2. The van der Waals surface area contributed by atoms with Crippen molar-refractivity contribution in [1.82, 2.24) is 19.8 Å². The van der Waals surface area contributed by atoms with Gasteiger partial charge in [0.25, 0.3) is 5.91 Å². The minimum Gasteiger partial charge on any atom is -0.496 e. The van der Waals surface area contributed by atoms with Crippen molar-refractivity contribution < 1.29 is 14.3 Å². The van der Waals surface area contributed by atoms with E-state index in [2.05, 4.69) is 17.2 Å². The number of aromatic nitrogens is 2. The van der Waals surface area contributed by atoms with Crippen LogP contribution in [0, 0.1) is 5.92 Å². The zero-order valence-electron chi connectivity index (χ0n) is 20.1. The van der Waals surface area contributed by atoms with Gasteiger partial charge in [-0.05, 0) is 43.9 Å². The quantitative estimate of drug-likeness (QED) is 0.621. The van der Waals surface area contributed by atoms with Crippen LogP contribution >= 0.6 is 0 Å². The number of fused-ring (bicyclic) bond motifs is 3. The maximum atomic E-state index is 13.9. The fraction of sp³-hybridized carbons (Fsp3) is 0.444. The van der Waals surface area contributed by atoms with Crippen LogP contribution in [0.15, 0.2) is 48.5 Å². The van der Waals surface area contributed by atoms with Crippen LogP contribution in [0.4, 0.5) is 0 Å². The summed E-state index contributed by atoms with van der Waals surface area (Å²) < 4.78 is 7.45. The first-order valence-electron chi connectivity index (χ1n) is 12.1. The average molecular weight is 461 g/mol. The molecule has 2 aromatic carbocycles. The Hall–Kier alpha value is -3.35. The van der Waals surface area contributed by atoms with Gasteiger partial charge in [-0.25, -0.2) is 4.98 Å². The molecule has 0 saturated heterocycles. The fourth-order valence-electron chi connectivity index (χ4n) is 5.44. The number of benzene rings is 2. The Morgan fingerprint density at radius 2 is 1.88 bits per heavy atom. The molecule has 3 atom stereocenters. The third-order valence-corrected chi connectivity index (χ3v) is 7.59. The third-order valence-electron chi connectivity index (χ3n) is 7.59. The maximum absolute atomic E-state index is 13.9. The molecule has 2 aliphatic rings. The number of methoxy groups -OCH3 is 1. The number of rotatable bonds is 5. The molecule has 1 saturated carbocycles. The summed E-state index contributed by atoms with van der Waals surface area (Å²) in [5.41, 5.74) is 1.40. The Labute approximate surface area is 200 Å². The van der Waals surface area contributed by atoms with Crippen molar-refractivity contribution in [2.24, 2.45) is 5.92 Å². The van der Waals surface area contributed by atoms with Gasteiger partial charge in [0, 0.05) is 11.6 Å². The third kappa shape index (κ3) is 3.73. The molecule has 1 aromatic heterocycles. The predicted molar refractivity (Wildman–Crippen MR) is 131 cm³/mol. The first-order chi connectivity index (χ1) is 16.4. The molecule has 34 heavy (non-hydrogen) atoms. The largest absolute Gasteiger partial charge is 0.496 e. The van der Waals surface area contributed by atoms with E-state index in [9.17, 15) is 9.59 Å². The van der Waals surface area contributed by atoms with Crippen molar-refractivity contribution in [2.75, 3.05) is 7.11 Å². The van der Waals surface area contributed by atoms with Crippen LogP contribution in [-0.4, -0.2) is 45.0 Å². The number of imidazole rings is 1. The highest BCUT2D eigenvalue weighted by molar-refractivity contribution is 6.01. The number of hydrogen-bond acceptors (Lipinski definition) is 4. The number of amides is 2. The number of para-hydroxylation sites is 3. The summed E-state index contributed by atoms with van der Waals surface area (Å²) in [6.45, 7) is 4.68. The van der Waals surface area contributed by atoms with Crippen LogP contribution in [0.5, 0.6) is 5.75 Å². The average Bonchev–Trinajstić information content (AvgIpc) is 3.22. The molecule has 0 bridgehead atoms. The number of carbonyl (C=O) groups is 2. The SMILES string of the molecule is COc1ccccc1CN1C(=O)c2nc3ccccc3n2CC1(C)C(=O)NC1CCCCC1C. The molecule has 7 nitrogen and oxygen atoms in total. The molecule has 3 unspecified atom stereocenters. The highest BCUT2D eigenvalue weighted by Gasteiger charge is 2.49. The molecule has 3 aromatic rings. The first-order valence-corrected chi connectivity index (χ1v) is 12.1. The molecule has 1 aliphatic heterocycles. The van der Waals surface area contributed by atoms with E-state index in [0.29, 0.717) is 24.0 Å². The molecule has 178 valence electrons. The van der Waals surface area contributed by atoms with Crippen molar-refractivity contribution in [3.63, 3.8) is 0 Å². The molecule has 0 spiro atoms. The van der Waals surface area contributed by atoms with Crippen LogP contribution < -0.4 is 10.1 Å². The molecule has 5 rings (SSSR count). The normalized spacial score (nSPS) is 24.7. The van der Waals surface area contributed by atoms with Crippen molar-refractivity contribution >= 4 is 22.8 Å². The zero-order chi connectivity index (χ0) is 23.9.